The molecule has 0 saturated heterocycles. The number of nitrogens with zero attached hydrogens (tertiary/aromatic N) is 2. The van der Waals surface area contributed by atoms with E-state index in [1.165, 1.54) is 11.8 Å². The van der Waals surface area contributed by atoms with Crippen LogP contribution in [0.2, 0.25) is 5.02 Å². The highest BCUT2D eigenvalue weighted by atomic mass is 35.5. The van der Waals surface area contributed by atoms with Crippen LogP contribution >= 0.6 is 11.6 Å². The predicted octanol–water partition coefficient (Wildman–Crippen LogP) is 4.77. The average Bonchev–Trinajstić information content (AvgIpc) is 2.79. The summed E-state index contributed by atoms with van der Waals surface area (Å²) in [5, 5.41) is 2.52. The molecule has 37 heavy (non-hydrogen) atoms. The maximum Gasteiger partial charge on any atom is 0.416 e. The molecule has 2 aromatic rings. The Balaban J connectivity index is 2.50. The largest absolute Gasteiger partial charge is 0.416 e. The second kappa shape index (κ2) is 12.2. The Morgan fingerprint density at radius 3 is 2.30 bits per heavy atom. The van der Waals surface area contributed by atoms with Crippen molar-refractivity contribution in [3.05, 3.63) is 64.2 Å². The number of anilines is 1. The number of benzene rings is 2. The highest BCUT2D eigenvalue weighted by molar-refractivity contribution is 7.92. The van der Waals surface area contributed by atoms with Crippen LogP contribution in [0, 0.1) is 6.92 Å². The van der Waals surface area contributed by atoms with Crippen LogP contribution in [0.15, 0.2) is 42.5 Å². The summed E-state index contributed by atoms with van der Waals surface area (Å²) in [5.41, 5.74) is 0.000127. The Hall–Kier alpha value is -2.79. The Morgan fingerprint density at radius 2 is 1.76 bits per heavy atom. The Labute approximate surface area is 220 Å². The summed E-state index contributed by atoms with van der Waals surface area (Å²) in [5.74, 6) is -1.23. The van der Waals surface area contributed by atoms with E-state index >= 15 is 0 Å². The van der Waals surface area contributed by atoms with E-state index in [1.54, 1.807) is 19.1 Å². The summed E-state index contributed by atoms with van der Waals surface area (Å²) in [6, 6.07) is 8.28. The predicted molar refractivity (Wildman–Crippen MR) is 138 cm³/mol. The standard InChI is InChI=1S/C25H31ClF3N3O4S/c1-6-17(3)30-24(34)18(4)31(14-19-9-7-8-16(2)12-19)23(33)15-32(37(5,35)36)22-13-20(25(27,28)29)10-11-21(22)26/h7-13,17-18H,6,14-15H2,1-5H3,(H,30,34). The molecule has 0 heterocycles. The van der Waals surface area contributed by atoms with Gasteiger partial charge in [-0.05, 0) is 51.0 Å². The van der Waals surface area contributed by atoms with Gasteiger partial charge in [0.15, 0.2) is 0 Å². The highest BCUT2D eigenvalue weighted by Crippen LogP contribution is 2.36. The van der Waals surface area contributed by atoms with Gasteiger partial charge in [0.2, 0.25) is 21.8 Å². The SMILES string of the molecule is CCC(C)NC(=O)C(C)N(Cc1cccc(C)c1)C(=O)CN(c1cc(C(F)(F)F)ccc1Cl)S(C)(=O)=O. The summed E-state index contributed by atoms with van der Waals surface area (Å²) >= 11 is 6.08. The number of rotatable bonds is 10. The van der Waals surface area contributed by atoms with Gasteiger partial charge >= 0.3 is 6.18 Å². The average molecular weight is 562 g/mol. The molecule has 2 rings (SSSR count). The number of amides is 2. The Bertz CT molecular complexity index is 1240. The van der Waals surface area contributed by atoms with Crippen LogP contribution in [0.4, 0.5) is 18.9 Å². The normalized spacial score (nSPS) is 13.5. The zero-order valence-corrected chi connectivity index (χ0v) is 22.8. The first-order chi connectivity index (χ1) is 17.0. The van der Waals surface area contributed by atoms with Crippen LogP contribution in [-0.2, 0) is 32.3 Å². The molecule has 2 aromatic carbocycles. The van der Waals surface area contributed by atoms with Gasteiger partial charge in [0.05, 0.1) is 22.5 Å². The van der Waals surface area contributed by atoms with Crippen LogP contribution < -0.4 is 9.62 Å². The van der Waals surface area contributed by atoms with Crippen LogP contribution in [-0.4, -0.2) is 50.0 Å². The second-order valence-corrected chi connectivity index (χ2v) is 11.3. The minimum Gasteiger partial charge on any atom is -0.352 e. The smallest absolute Gasteiger partial charge is 0.352 e. The third kappa shape index (κ3) is 8.36. The lowest BCUT2D eigenvalue weighted by Gasteiger charge is -2.32. The van der Waals surface area contributed by atoms with Crippen molar-refractivity contribution in [2.75, 3.05) is 17.1 Å². The molecule has 0 aliphatic carbocycles. The van der Waals surface area contributed by atoms with Crippen molar-refractivity contribution in [3.8, 4) is 0 Å². The van der Waals surface area contributed by atoms with Crippen molar-refractivity contribution in [2.24, 2.45) is 0 Å². The van der Waals surface area contributed by atoms with Crippen LogP contribution in [0.5, 0.6) is 0 Å². The Morgan fingerprint density at radius 1 is 1.11 bits per heavy atom. The number of sulfonamides is 1. The van der Waals surface area contributed by atoms with Gasteiger partial charge < -0.3 is 10.2 Å². The van der Waals surface area contributed by atoms with Gasteiger partial charge in [0, 0.05) is 12.6 Å². The van der Waals surface area contributed by atoms with E-state index in [0.29, 0.717) is 22.4 Å². The summed E-state index contributed by atoms with van der Waals surface area (Å²) in [6.45, 7) is 6.17. The minimum atomic E-state index is -4.76. The number of alkyl halides is 3. The van der Waals surface area contributed by atoms with Crippen molar-refractivity contribution in [1.29, 1.82) is 0 Å². The lowest BCUT2D eigenvalue weighted by Crippen LogP contribution is -2.52. The first-order valence-corrected chi connectivity index (χ1v) is 13.8. The number of hydrogen-bond donors (Lipinski definition) is 1. The molecule has 12 heteroatoms. The van der Waals surface area contributed by atoms with Crippen molar-refractivity contribution in [3.63, 3.8) is 0 Å². The zero-order chi connectivity index (χ0) is 28.1. The van der Waals surface area contributed by atoms with E-state index in [0.717, 1.165) is 24.0 Å². The summed E-state index contributed by atoms with van der Waals surface area (Å²) in [7, 11) is -4.25. The molecule has 0 saturated carbocycles. The van der Waals surface area contributed by atoms with E-state index in [4.69, 9.17) is 11.6 Å². The van der Waals surface area contributed by atoms with E-state index in [2.05, 4.69) is 5.32 Å². The summed E-state index contributed by atoms with van der Waals surface area (Å²) in [4.78, 5) is 27.6. The van der Waals surface area contributed by atoms with Gasteiger partial charge in [0.25, 0.3) is 0 Å². The fourth-order valence-electron chi connectivity index (χ4n) is 3.53. The molecule has 7 nitrogen and oxygen atoms in total. The van der Waals surface area contributed by atoms with E-state index in [-0.39, 0.29) is 17.6 Å². The first kappa shape index (κ1) is 30.4. The number of halogens is 4. The Kier molecular flexibility index (Phi) is 10.0. The van der Waals surface area contributed by atoms with Gasteiger partial charge in [-0.3, -0.25) is 13.9 Å². The third-order valence-corrected chi connectivity index (χ3v) is 7.27. The molecule has 0 bridgehead atoms. The molecule has 0 fully saturated rings. The molecular formula is C25H31ClF3N3O4S. The minimum absolute atomic E-state index is 0.0243. The topological polar surface area (TPSA) is 86.8 Å². The van der Waals surface area contributed by atoms with Crippen molar-refractivity contribution >= 4 is 39.1 Å². The maximum atomic E-state index is 13.5. The fraction of sp³-hybridized carbons (Fsp3) is 0.440. The van der Waals surface area contributed by atoms with Crippen LogP contribution in [0.25, 0.3) is 0 Å². The first-order valence-electron chi connectivity index (χ1n) is 11.5. The van der Waals surface area contributed by atoms with E-state index in [9.17, 15) is 31.2 Å². The molecule has 0 radical (unpaired) electrons. The third-order valence-electron chi connectivity index (χ3n) is 5.83. The number of hydrogen-bond acceptors (Lipinski definition) is 4. The second-order valence-electron chi connectivity index (χ2n) is 8.94. The molecule has 0 aliphatic rings. The summed E-state index contributed by atoms with van der Waals surface area (Å²) < 4.78 is 65.8. The molecule has 2 unspecified atom stereocenters. The fourth-order valence-corrected chi connectivity index (χ4v) is 4.65. The number of nitrogens with one attached hydrogen (secondary N) is 1. The van der Waals surface area contributed by atoms with Crippen molar-refractivity contribution in [1.82, 2.24) is 10.2 Å². The van der Waals surface area contributed by atoms with Gasteiger partial charge in [-0.2, -0.15) is 13.2 Å². The van der Waals surface area contributed by atoms with Crippen LogP contribution in [0.3, 0.4) is 0 Å². The molecule has 0 aromatic heterocycles. The zero-order valence-electron chi connectivity index (χ0n) is 21.3. The van der Waals surface area contributed by atoms with Gasteiger partial charge in [0.1, 0.15) is 12.6 Å². The quantitative estimate of drug-likeness (QED) is 0.453. The highest BCUT2D eigenvalue weighted by Gasteiger charge is 2.34. The molecule has 2 amide bonds. The van der Waals surface area contributed by atoms with Gasteiger partial charge in [-0.1, -0.05) is 48.4 Å². The molecule has 0 spiro atoms. The van der Waals surface area contributed by atoms with Crippen molar-refractivity contribution < 1.29 is 31.2 Å². The maximum absolute atomic E-state index is 13.5. The van der Waals surface area contributed by atoms with Crippen molar-refractivity contribution in [2.45, 2.75) is 58.9 Å². The van der Waals surface area contributed by atoms with Gasteiger partial charge in [-0.25, -0.2) is 8.42 Å². The molecule has 0 aliphatic heterocycles. The number of carbonyl (C=O) groups is 2. The number of aryl methyl sites for hydroxylation is 1. The van der Waals surface area contributed by atoms with E-state index < -0.39 is 51.9 Å². The molecular weight excluding hydrogens is 531 g/mol. The van der Waals surface area contributed by atoms with Gasteiger partial charge in [-0.15, -0.1) is 0 Å². The molecule has 2 atom stereocenters. The lowest BCUT2D eigenvalue weighted by molar-refractivity contribution is -0.139. The lowest BCUT2D eigenvalue weighted by atomic mass is 10.1. The van der Waals surface area contributed by atoms with E-state index in [1.807, 2.05) is 26.0 Å². The monoisotopic (exact) mass is 561 g/mol. The number of carbonyl (C=O) groups excluding carboxylic acids is 2. The van der Waals surface area contributed by atoms with Crippen LogP contribution in [0.1, 0.15) is 43.9 Å². The molecule has 1 N–H and O–H groups in total. The summed E-state index contributed by atoms with van der Waals surface area (Å²) in [6.07, 6.45) is -3.34. The molecule has 204 valence electrons.